The molecule has 0 aliphatic rings. The SMILES string of the molecule is CCS(=O)(=O)NCCc1nnc2ccc(NCCc3ccc(OC)c(OC)c3)nn12. The van der Waals surface area contributed by atoms with E-state index in [1.807, 2.05) is 30.3 Å². The van der Waals surface area contributed by atoms with Crippen LogP contribution in [0.1, 0.15) is 18.3 Å². The lowest BCUT2D eigenvalue weighted by molar-refractivity contribution is 0.354. The number of methoxy groups -OCH3 is 2. The summed E-state index contributed by atoms with van der Waals surface area (Å²) in [7, 11) is -0.0150. The van der Waals surface area contributed by atoms with Gasteiger partial charge >= 0.3 is 0 Å². The molecular formula is C19H26N6O4S. The average molecular weight is 435 g/mol. The highest BCUT2D eigenvalue weighted by molar-refractivity contribution is 7.89. The van der Waals surface area contributed by atoms with Gasteiger partial charge in [-0.1, -0.05) is 6.07 Å². The number of nitrogens with zero attached hydrogens (tertiary/aromatic N) is 4. The van der Waals surface area contributed by atoms with Crippen LogP contribution in [0.3, 0.4) is 0 Å². The molecule has 0 aliphatic heterocycles. The van der Waals surface area contributed by atoms with Gasteiger partial charge in [0.05, 0.1) is 20.0 Å². The molecule has 11 heteroatoms. The Balaban J connectivity index is 1.61. The van der Waals surface area contributed by atoms with Crippen molar-refractivity contribution in [2.75, 3.05) is 38.4 Å². The molecule has 2 heterocycles. The summed E-state index contributed by atoms with van der Waals surface area (Å²) in [6.45, 7) is 2.51. The Morgan fingerprint density at radius 1 is 1.00 bits per heavy atom. The van der Waals surface area contributed by atoms with Crippen LogP contribution in [0.15, 0.2) is 30.3 Å². The second kappa shape index (κ2) is 9.72. The van der Waals surface area contributed by atoms with Gasteiger partial charge in [-0.25, -0.2) is 13.1 Å². The van der Waals surface area contributed by atoms with Gasteiger partial charge < -0.3 is 14.8 Å². The molecule has 30 heavy (non-hydrogen) atoms. The van der Waals surface area contributed by atoms with Crippen molar-refractivity contribution in [2.24, 2.45) is 0 Å². The molecule has 3 rings (SSSR count). The van der Waals surface area contributed by atoms with Crippen LogP contribution < -0.4 is 19.5 Å². The van der Waals surface area contributed by atoms with Crippen molar-refractivity contribution in [2.45, 2.75) is 19.8 Å². The van der Waals surface area contributed by atoms with E-state index in [1.54, 1.807) is 25.7 Å². The number of hydrogen-bond acceptors (Lipinski definition) is 8. The Morgan fingerprint density at radius 2 is 1.80 bits per heavy atom. The lowest BCUT2D eigenvalue weighted by atomic mass is 10.1. The zero-order chi connectivity index (χ0) is 21.6. The van der Waals surface area contributed by atoms with Crippen LogP contribution in [0.5, 0.6) is 11.5 Å². The van der Waals surface area contributed by atoms with Crippen LogP contribution in [-0.4, -0.2) is 61.3 Å². The summed E-state index contributed by atoms with van der Waals surface area (Å²) in [6, 6.07) is 9.48. The molecule has 1 aromatic carbocycles. The lowest BCUT2D eigenvalue weighted by Gasteiger charge is -2.10. The van der Waals surface area contributed by atoms with Crippen molar-refractivity contribution in [3.8, 4) is 11.5 Å². The molecule has 0 aliphatic carbocycles. The summed E-state index contributed by atoms with van der Waals surface area (Å²) in [4.78, 5) is 0. The molecule has 2 aromatic heterocycles. The van der Waals surface area contributed by atoms with Crippen LogP contribution in [-0.2, 0) is 22.9 Å². The average Bonchev–Trinajstić information content (AvgIpc) is 3.15. The smallest absolute Gasteiger partial charge is 0.211 e. The number of hydrogen-bond donors (Lipinski definition) is 2. The predicted octanol–water partition coefficient (Wildman–Crippen LogP) is 1.28. The molecule has 0 spiro atoms. The van der Waals surface area contributed by atoms with Gasteiger partial charge in [-0.3, -0.25) is 0 Å². The summed E-state index contributed by atoms with van der Waals surface area (Å²) in [5.41, 5.74) is 1.71. The zero-order valence-corrected chi connectivity index (χ0v) is 18.1. The summed E-state index contributed by atoms with van der Waals surface area (Å²) in [6.07, 6.45) is 1.16. The summed E-state index contributed by atoms with van der Waals surface area (Å²) < 4.78 is 37.9. The quantitative estimate of drug-likeness (QED) is 0.463. The fourth-order valence-electron chi connectivity index (χ4n) is 2.87. The summed E-state index contributed by atoms with van der Waals surface area (Å²) in [5.74, 6) is 2.70. The Morgan fingerprint density at radius 3 is 2.53 bits per heavy atom. The van der Waals surface area contributed by atoms with Crippen molar-refractivity contribution >= 4 is 21.5 Å². The van der Waals surface area contributed by atoms with E-state index in [9.17, 15) is 8.42 Å². The third-order valence-electron chi connectivity index (χ3n) is 4.55. The Labute approximate surface area is 175 Å². The number of rotatable bonds is 11. The Hall–Kier alpha value is -2.92. The molecule has 0 bridgehead atoms. The highest BCUT2D eigenvalue weighted by Crippen LogP contribution is 2.27. The van der Waals surface area contributed by atoms with E-state index in [2.05, 4.69) is 25.3 Å². The number of ether oxygens (including phenoxy) is 2. The maximum Gasteiger partial charge on any atom is 0.211 e. The van der Waals surface area contributed by atoms with Gasteiger partial charge in [0.1, 0.15) is 5.82 Å². The molecule has 0 atom stereocenters. The standard InChI is InChI=1S/C19H26N6O4S/c1-4-30(26,27)21-12-10-19-23-22-18-8-7-17(24-25(18)19)20-11-9-14-5-6-15(28-2)16(13-14)29-3/h5-8,13,21H,4,9-12H2,1-3H3,(H,20,24). The Bertz CT molecular complexity index is 1100. The number of nitrogens with one attached hydrogen (secondary N) is 2. The van der Waals surface area contributed by atoms with Gasteiger partial charge in [0.25, 0.3) is 0 Å². The van der Waals surface area contributed by atoms with Crippen LogP contribution in [0.4, 0.5) is 5.82 Å². The van der Waals surface area contributed by atoms with Crippen molar-refractivity contribution in [1.29, 1.82) is 0 Å². The molecular weight excluding hydrogens is 408 g/mol. The van der Waals surface area contributed by atoms with Crippen LogP contribution in [0.2, 0.25) is 0 Å². The second-order valence-electron chi connectivity index (χ2n) is 6.52. The maximum atomic E-state index is 11.6. The summed E-state index contributed by atoms with van der Waals surface area (Å²) >= 11 is 0. The highest BCUT2D eigenvalue weighted by Gasteiger charge is 2.11. The first-order valence-electron chi connectivity index (χ1n) is 9.59. The van der Waals surface area contributed by atoms with Gasteiger partial charge in [-0.2, -0.15) is 4.52 Å². The number of fused-ring (bicyclic) bond motifs is 1. The normalized spacial score (nSPS) is 11.6. The third kappa shape index (κ3) is 5.36. The topological polar surface area (TPSA) is 120 Å². The van der Waals surface area contributed by atoms with Gasteiger partial charge in [0.2, 0.25) is 10.0 Å². The molecule has 0 amide bonds. The highest BCUT2D eigenvalue weighted by atomic mass is 32.2. The maximum absolute atomic E-state index is 11.6. The molecule has 0 saturated carbocycles. The third-order valence-corrected chi connectivity index (χ3v) is 5.95. The van der Waals surface area contributed by atoms with Gasteiger partial charge in [-0.05, 0) is 43.2 Å². The van der Waals surface area contributed by atoms with E-state index in [0.717, 1.165) is 12.0 Å². The number of anilines is 1. The molecule has 0 radical (unpaired) electrons. The van der Waals surface area contributed by atoms with Crippen LogP contribution in [0.25, 0.3) is 5.65 Å². The molecule has 2 N–H and O–H groups in total. The van der Waals surface area contributed by atoms with Crippen LogP contribution >= 0.6 is 0 Å². The molecule has 0 unspecified atom stereocenters. The minimum atomic E-state index is -3.24. The van der Waals surface area contributed by atoms with E-state index in [0.29, 0.717) is 41.8 Å². The number of aromatic nitrogens is 4. The first-order valence-corrected chi connectivity index (χ1v) is 11.2. The molecule has 0 saturated heterocycles. The van der Waals surface area contributed by atoms with E-state index < -0.39 is 10.0 Å². The molecule has 0 fully saturated rings. The number of sulfonamides is 1. The largest absolute Gasteiger partial charge is 0.493 e. The van der Waals surface area contributed by atoms with Crippen molar-refractivity contribution in [1.82, 2.24) is 24.5 Å². The second-order valence-corrected chi connectivity index (χ2v) is 8.61. The minimum absolute atomic E-state index is 0.0416. The van der Waals surface area contributed by atoms with Crippen molar-refractivity contribution in [3.05, 3.63) is 41.7 Å². The molecule has 162 valence electrons. The fraction of sp³-hybridized carbons (Fsp3) is 0.421. The summed E-state index contributed by atoms with van der Waals surface area (Å²) in [5, 5.41) is 16.0. The fourth-order valence-corrected chi connectivity index (χ4v) is 3.49. The van der Waals surface area contributed by atoms with Crippen LogP contribution in [0, 0.1) is 0 Å². The van der Waals surface area contributed by atoms with Crippen molar-refractivity contribution < 1.29 is 17.9 Å². The first-order chi connectivity index (χ1) is 14.5. The monoisotopic (exact) mass is 434 g/mol. The number of benzene rings is 1. The van der Waals surface area contributed by atoms with Gasteiger partial charge in [0, 0.05) is 19.5 Å². The van der Waals surface area contributed by atoms with E-state index in [-0.39, 0.29) is 12.3 Å². The van der Waals surface area contributed by atoms with E-state index >= 15 is 0 Å². The minimum Gasteiger partial charge on any atom is -0.493 e. The van der Waals surface area contributed by atoms with Crippen molar-refractivity contribution in [3.63, 3.8) is 0 Å². The lowest BCUT2D eigenvalue weighted by Crippen LogP contribution is -2.27. The van der Waals surface area contributed by atoms with Gasteiger partial charge in [0.15, 0.2) is 23.0 Å². The predicted molar refractivity (Wildman–Crippen MR) is 114 cm³/mol. The van der Waals surface area contributed by atoms with E-state index in [4.69, 9.17) is 9.47 Å². The zero-order valence-electron chi connectivity index (χ0n) is 17.3. The first kappa shape index (κ1) is 21.8. The van der Waals surface area contributed by atoms with E-state index in [1.165, 1.54) is 0 Å². The Kier molecular flexibility index (Phi) is 7.06. The molecule has 10 nitrogen and oxygen atoms in total. The van der Waals surface area contributed by atoms with Gasteiger partial charge in [-0.15, -0.1) is 15.3 Å². The molecule has 3 aromatic rings.